The molecular formula is C24H24O. The van der Waals surface area contributed by atoms with Crippen LogP contribution in [0.1, 0.15) is 35.1 Å². The molecule has 0 aliphatic carbocycles. The van der Waals surface area contributed by atoms with E-state index in [-0.39, 0.29) is 5.92 Å². The van der Waals surface area contributed by atoms with Gasteiger partial charge in [0.1, 0.15) is 0 Å². The van der Waals surface area contributed by atoms with E-state index >= 15 is 0 Å². The molecule has 0 unspecified atom stereocenters. The molecule has 0 bridgehead atoms. The molecule has 0 aliphatic heterocycles. The molecule has 0 fully saturated rings. The highest BCUT2D eigenvalue weighted by molar-refractivity contribution is 5.30. The maximum absolute atomic E-state index is 10.9. The van der Waals surface area contributed by atoms with Crippen molar-refractivity contribution in [1.82, 2.24) is 0 Å². The average molecular weight is 328 g/mol. The lowest BCUT2D eigenvalue weighted by Gasteiger charge is -2.21. The van der Waals surface area contributed by atoms with E-state index in [9.17, 15) is 5.11 Å². The molecule has 3 aromatic carbocycles. The Morgan fingerprint density at radius 1 is 0.680 bits per heavy atom. The SMILES string of the molecule is O[C@@H](c1ccccc1)[C@@H](/C=C/CCc1ccccc1)c1ccccc1. The van der Waals surface area contributed by atoms with E-state index in [2.05, 4.69) is 48.6 Å². The van der Waals surface area contributed by atoms with Crippen molar-refractivity contribution in [3.63, 3.8) is 0 Å². The van der Waals surface area contributed by atoms with E-state index in [1.807, 2.05) is 54.6 Å². The second-order valence-electron chi connectivity index (χ2n) is 6.24. The maximum Gasteiger partial charge on any atom is 0.0893 e. The van der Waals surface area contributed by atoms with Crippen LogP contribution in [0.4, 0.5) is 0 Å². The van der Waals surface area contributed by atoms with Crippen LogP contribution in [0, 0.1) is 0 Å². The van der Waals surface area contributed by atoms with E-state index in [4.69, 9.17) is 0 Å². The third-order valence-electron chi connectivity index (χ3n) is 4.45. The minimum absolute atomic E-state index is 0.0422. The van der Waals surface area contributed by atoms with E-state index < -0.39 is 6.10 Å². The summed E-state index contributed by atoms with van der Waals surface area (Å²) >= 11 is 0. The van der Waals surface area contributed by atoms with Crippen LogP contribution in [0.25, 0.3) is 0 Å². The van der Waals surface area contributed by atoms with Crippen molar-refractivity contribution in [3.8, 4) is 0 Å². The van der Waals surface area contributed by atoms with E-state index in [0.717, 1.165) is 24.0 Å². The Morgan fingerprint density at radius 2 is 1.20 bits per heavy atom. The second-order valence-corrected chi connectivity index (χ2v) is 6.24. The van der Waals surface area contributed by atoms with Crippen molar-refractivity contribution in [3.05, 3.63) is 120 Å². The van der Waals surface area contributed by atoms with Crippen molar-refractivity contribution >= 4 is 0 Å². The smallest absolute Gasteiger partial charge is 0.0893 e. The van der Waals surface area contributed by atoms with Crippen LogP contribution in [-0.2, 0) is 6.42 Å². The molecule has 0 heterocycles. The molecule has 0 spiro atoms. The van der Waals surface area contributed by atoms with Gasteiger partial charge in [-0.1, -0.05) is 103 Å². The lowest BCUT2D eigenvalue weighted by molar-refractivity contribution is 0.161. The molecule has 0 amide bonds. The Labute approximate surface area is 150 Å². The highest BCUT2D eigenvalue weighted by atomic mass is 16.3. The van der Waals surface area contributed by atoms with Gasteiger partial charge in [-0.2, -0.15) is 0 Å². The Bertz CT molecular complexity index is 763. The minimum atomic E-state index is -0.545. The van der Waals surface area contributed by atoms with Crippen LogP contribution in [0.5, 0.6) is 0 Å². The van der Waals surface area contributed by atoms with Gasteiger partial charge < -0.3 is 5.11 Å². The van der Waals surface area contributed by atoms with E-state index in [1.165, 1.54) is 5.56 Å². The number of aliphatic hydroxyl groups is 1. The van der Waals surface area contributed by atoms with Crippen molar-refractivity contribution < 1.29 is 5.11 Å². The summed E-state index contributed by atoms with van der Waals surface area (Å²) in [4.78, 5) is 0. The predicted molar refractivity (Wildman–Crippen MR) is 104 cm³/mol. The van der Waals surface area contributed by atoms with Crippen LogP contribution >= 0.6 is 0 Å². The summed E-state index contributed by atoms with van der Waals surface area (Å²) in [6, 6.07) is 30.6. The molecule has 0 radical (unpaired) electrons. The highest BCUT2D eigenvalue weighted by Crippen LogP contribution is 2.32. The van der Waals surface area contributed by atoms with Crippen molar-refractivity contribution in [2.45, 2.75) is 24.9 Å². The summed E-state index contributed by atoms with van der Waals surface area (Å²) in [5.74, 6) is -0.0422. The first kappa shape index (κ1) is 17.2. The van der Waals surface area contributed by atoms with Crippen LogP contribution in [-0.4, -0.2) is 5.11 Å². The van der Waals surface area contributed by atoms with Crippen molar-refractivity contribution in [2.24, 2.45) is 0 Å². The zero-order valence-corrected chi connectivity index (χ0v) is 14.3. The first-order valence-electron chi connectivity index (χ1n) is 8.83. The first-order chi connectivity index (χ1) is 12.3. The van der Waals surface area contributed by atoms with Gasteiger partial charge in [-0.05, 0) is 29.5 Å². The highest BCUT2D eigenvalue weighted by Gasteiger charge is 2.19. The molecule has 0 saturated carbocycles. The number of allylic oxidation sites excluding steroid dienone is 1. The number of hydrogen-bond donors (Lipinski definition) is 1. The maximum atomic E-state index is 10.9. The number of aryl methyl sites for hydroxylation is 1. The Hall–Kier alpha value is -2.64. The minimum Gasteiger partial charge on any atom is -0.387 e. The Kier molecular flexibility index (Phi) is 6.19. The molecule has 3 aromatic rings. The van der Waals surface area contributed by atoms with Gasteiger partial charge in [-0.15, -0.1) is 0 Å². The third-order valence-corrected chi connectivity index (χ3v) is 4.45. The quantitative estimate of drug-likeness (QED) is 0.552. The molecule has 0 aliphatic rings. The number of rotatable bonds is 7. The molecule has 1 nitrogen and oxygen atoms in total. The molecule has 3 rings (SSSR count). The number of benzene rings is 3. The fourth-order valence-electron chi connectivity index (χ4n) is 3.07. The fourth-order valence-corrected chi connectivity index (χ4v) is 3.07. The van der Waals surface area contributed by atoms with Gasteiger partial charge in [0.05, 0.1) is 6.10 Å². The molecule has 25 heavy (non-hydrogen) atoms. The molecule has 0 saturated heterocycles. The molecular weight excluding hydrogens is 304 g/mol. The zero-order valence-electron chi connectivity index (χ0n) is 14.3. The first-order valence-corrected chi connectivity index (χ1v) is 8.83. The van der Waals surface area contributed by atoms with E-state index in [0.29, 0.717) is 0 Å². The molecule has 126 valence electrons. The van der Waals surface area contributed by atoms with Gasteiger partial charge in [0, 0.05) is 5.92 Å². The number of aliphatic hydroxyl groups excluding tert-OH is 1. The number of hydrogen-bond acceptors (Lipinski definition) is 1. The van der Waals surface area contributed by atoms with Crippen LogP contribution < -0.4 is 0 Å². The van der Waals surface area contributed by atoms with Gasteiger partial charge in [0.2, 0.25) is 0 Å². The molecule has 2 atom stereocenters. The normalized spacial score (nSPS) is 13.6. The average Bonchev–Trinajstić information content (AvgIpc) is 2.70. The second kappa shape index (κ2) is 9.00. The van der Waals surface area contributed by atoms with Crippen LogP contribution in [0.3, 0.4) is 0 Å². The third kappa shape index (κ3) is 4.91. The standard InChI is InChI=1S/C24H24O/c25-24(22-17-8-3-9-18-22)23(21-15-6-2-7-16-21)19-11-10-14-20-12-4-1-5-13-20/h1-9,11-13,15-19,23-25H,10,14H2/b19-11+/t23-,24-/m0/s1. The Morgan fingerprint density at radius 3 is 1.80 bits per heavy atom. The largest absolute Gasteiger partial charge is 0.387 e. The summed E-state index contributed by atoms with van der Waals surface area (Å²) in [6.07, 6.45) is 5.78. The van der Waals surface area contributed by atoms with E-state index in [1.54, 1.807) is 0 Å². The van der Waals surface area contributed by atoms with Gasteiger partial charge in [-0.3, -0.25) is 0 Å². The Balaban J connectivity index is 1.74. The monoisotopic (exact) mass is 328 g/mol. The molecule has 1 N–H and O–H groups in total. The van der Waals surface area contributed by atoms with Crippen LogP contribution in [0.2, 0.25) is 0 Å². The molecule has 0 aromatic heterocycles. The summed E-state index contributed by atoms with van der Waals surface area (Å²) in [5.41, 5.74) is 3.42. The lowest BCUT2D eigenvalue weighted by atomic mass is 9.88. The van der Waals surface area contributed by atoms with Gasteiger partial charge in [0.15, 0.2) is 0 Å². The van der Waals surface area contributed by atoms with Crippen molar-refractivity contribution in [2.75, 3.05) is 0 Å². The summed E-state index contributed by atoms with van der Waals surface area (Å²) in [6.45, 7) is 0. The fraction of sp³-hybridized carbons (Fsp3) is 0.167. The van der Waals surface area contributed by atoms with Gasteiger partial charge in [-0.25, -0.2) is 0 Å². The topological polar surface area (TPSA) is 20.2 Å². The lowest BCUT2D eigenvalue weighted by Crippen LogP contribution is -2.09. The predicted octanol–water partition coefficient (Wildman–Crippen LogP) is 5.69. The molecule has 1 heteroatoms. The van der Waals surface area contributed by atoms with Gasteiger partial charge >= 0.3 is 0 Å². The van der Waals surface area contributed by atoms with Gasteiger partial charge in [0.25, 0.3) is 0 Å². The zero-order chi connectivity index (χ0) is 17.3. The van der Waals surface area contributed by atoms with Crippen LogP contribution in [0.15, 0.2) is 103 Å². The summed E-state index contributed by atoms with van der Waals surface area (Å²) < 4.78 is 0. The summed E-state index contributed by atoms with van der Waals surface area (Å²) in [7, 11) is 0. The van der Waals surface area contributed by atoms with Crippen molar-refractivity contribution in [1.29, 1.82) is 0 Å². The summed E-state index contributed by atoms with van der Waals surface area (Å²) in [5, 5.41) is 10.9.